The van der Waals surface area contributed by atoms with Crippen molar-refractivity contribution >= 4 is 34.9 Å². The molecule has 2 heterocycles. The average Bonchev–Trinajstić information content (AvgIpc) is 2.77. The van der Waals surface area contributed by atoms with Gasteiger partial charge in [-0.15, -0.1) is 0 Å². The zero-order chi connectivity index (χ0) is 23.3. The molecule has 32 heavy (non-hydrogen) atoms. The van der Waals surface area contributed by atoms with Crippen LogP contribution in [0.3, 0.4) is 0 Å². The van der Waals surface area contributed by atoms with Crippen molar-refractivity contribution in [1.29, 1.82) is 0 Å². The Morgan fingerprint density at radius 1 is 1.09 bits per heavy atom. The molecular weight excluding hydrogens is 450 g/mol. The summed E-state index contributed by atoms with van der Waals surface area (Å²) in [6, 6.07) is 11.0. The zero-order valence-electron chi connectivity index (χ0n) is 18.9. The van der Waals surface area contributed by atoms with E-state index in [1.54, 1.807) is 6.07 Å². The maximum Gasteiger partial charge on any atom is 0.308 e. The number of ether oxygens (including phenoxy) is 1. The van der Waals surface area contributed by atoms with Crippen molar-refractivity contribution in [3.8, 4) is 0 Å². The lowest BCUT2D eigenvalue weighted by Gasteiger charge is -2.42. The molecule has 0 atom stereocenters. The summed E-state index contributed by atoms with van der Waals surface area (Å²) in [6.45, 7) is 7.70. The molecule has 0 bridgehead atoms. The minimum atomic E-state index is -0.208. The Labute approximate surface area is 200 Å². The van der Waals surface area contributed by atoms with E-state index in [1.807, 2.05) is 49.1 Å². The van der Waals surface area contributed by atoms with Gasteiger partial charge in [-0.05, 0) is 61.3 Å². The van der Waals surface area contributed by atoms with E-state index < -0.39 is 0 Å². The second-order valence-corrected chi connectivity index (χ2v) is 8.91. The Bertz CT molecular complexity index is 906. The predicted molar refractivity (Wildman–Crippen MR) is 129 cm³/mol. The molecule has 4 nitrogen and oxygen atoms in total. The van der Waals surface area contributed by atoms with Crippen LogP contribution < -0.4 is 4.90 Å². The summed E-state index contributed by atoms with van der Waals surface area (Å²) in [7, 11) is 1.43. The maximum atomic E-state index is 14.8. The second-order valence-electron chi connectivity index (χ2n) is 8.10. The Balaban J connectivity index is 0.00000141. The molecule has 4 rings (SSSR count). The number of methoxy groups -OCH3 is 1. The molecule has 0 radical (unpaired) electrons. The first-order valence-electron chi connectivity index (χ1n) is 11.2. The van der Waals surface area contributed by atoms with Gasteiger partial charge in [-0.3, -0.25) is 9.69 Å². The quantitative estimate of drug-likeness (QED) is 0.480. The number of hydrogen-bond donors (Lipinski definition) is 0. The molecule has 0 N–H and O–H groups in total. The third kappa shape index (κ3) is 5.56. The molecule has 0 saturated carbocycles. The largest absolute Gasteiger partial charge is 0.469 e. The first-order chi connectivity index (χ1) is 15.5. The monoisotopic (exact) mass is 480 g/mol. The molecular formula is C25H31Cl2FN2O2. The van der Waals surface area contributed by atoms with Crippen LogP contribution in [0.5, 0.6) is 0 Å². The normalized spacial score (nSPS) is 17.4. The van der Waals surface area contributed by atoms with Crippen LogP contribution >= 0.6 is 23.2 Å². The van der Waals surface area contributed by atoms with Crippen molar-refractivity contribution in [2.75, 3.05) is 38.2 Å². The molecule has 2 aromatic carbocycles. The fraction of sp³-hybridized carbons (Fsp3) is 0.480. The predicted octanol–water partition coefficient (Wildman–Crippen LogP) is 6.15. The van der Waals surface area contributed by atoms with Crippen LogP contribution in [-0.4, -0.2) is 44.2 Å². The van der Waals surface area contributed by atoms with Crippen LogP contribution in [0.1, 0.15) is 43.7 Å². The minimum Gasteiger partial charge on any atom is -0.469 e. The standard InChI is InChI=1S/C23H25Cl2FN2O2.C2H6/c1-30-23(29)16-7-9-27(10-8-16)12-15-5-6-21(20(26)11-15)28-13-17(14-28)22-18(24)3-2-4-19(22)25;1-2/h2-6,11,16-17H,7-10,12-14H2,1H3;1-2H3. The van der Waals surface area contributed by atoms with E-state index in [-0.39, 0.29) is 23.6 Å². The van der Waals surface area contributed by atoms with Gasteiger partial charge in [0.15, 0.2) is 0 Å². The van der Waals surface area contributed by atoms with Crippen LogP contribution in [0.15, 0.2) is 36.4 Å². The van der Waals surface area contributed by atoms with Crippen LogP contribution in [0.2, 0.25) is 10.0 Å². The van der Waals surface area contributed by atoms with E-state index in [9.17, 15) is 9.18 Å². The molecule has 7 heteroatoms. The van der Waals surface area contributed by atoms with E-state index in [0.717, 1.165) is 37.1 Å². The van der Waals surface area contributed by atoms with Gasteiger partial charge < -0.3 is 9.64 Å². The Kier molecular flexibility index (Phi) is 8.80. The molecule has 174 valence electrons. The van der Waals surface area contributed by atoms with E-state index in [0.29, 0.717) is 35.4 Å². The number of carbonyl (C=O) groups excluding carboxylic acids is 1. The molecule has 0 aromatic heterocycles. The molecule has 0 unspecified atom stereocenters. The van der Waals surface area contributed by atoms with Crippen LogP contribution in [0.25, 0.3) is 0 Å². The zero-order valence-corrected chi connectivity index (χ0v) is 20.4. The van der Waals surface area contributed by atoms with Gasteiger partial charge in [-0.25, -0.2) is 4.39 Å². The Hall–Kier alpha value is -1.82. The lowest BCUT2D eigenvalue weighted by molar-refractivity contribution is -0.147. The lowest BCUT2D eigenvalue weighted by Crippen LogP contribution is -2.45. The van der Waals surface area contributed by atoms with Crippen molar-refractivity contribution in [1.82, 2.24) is 4.90 Å². The third-order valence-corrected chi connectivity index (χ3v) is 6.83. The number of anilines is 1. The summed E-state index contributed by atoms with van der Waals surface area (Å²) in [6.07, 6.45) is 1.57. The molecule has 2 saturated heterocycles. The summed E-state index contributed by atoms with van der Waals surface area (Å²) < 4.78 is 19.6. The highest BCUT2D eigenvalue weighted by Crippen LogP contribution is 2.39. The second kappa shape index (κ2) is 11.4. The molecule has 0 spiro atoms. The van der Waals surface area contributed by atoms with Gasteiger partial charge in [0, 0.05) is 35.6 Å². The fourth-order valence-electron chi connectivity index (χ4n) is 4.42. The summed E-state index contributed by atoms with van der Waals surface area (Å²) >= 11 is 12.6. The van der Waals surface area contributed by atoms with Gasteiger partial charge in [0.25, 0.3) is 0 Å². The number of nitrogens with zero attached hydrogens (tertiary/aromatic N) is 2. The summed E-state index contributed by atoms with van der Waals surface area (Å²) in [5, 5.41) is 1.33. The van der Waals surface area contributed by atoms with Crippen molar-refractivity contribution < 1.29 is 13.9 Å². The Morgan fingerprint density at radius 2 is 1.72 bits per heavy atom. The smallest absolute Gasteiger partial charge is 0.308 e. The van der Waals surface area contributed by atoms with E-state index in [4.69, 9.17) is 27.9 Å². The van der Waals surface area contributed by atoms with E-state index in [2.05, 4.69) is 4.90 Å². The van der Waals surface area contributed by atoms with Gasteiger partial charge in [-0.1, -0.05) is 49.2 Å². The van der Waals surface area contributed by atoms with Gasteiger partial charge in [0.1, 0.15) is 5.82 Å². The fourth-order valence-corrected chi connectivity index (χ4v) is 5.12. The number of piperidine rings is 1. The van der Waals surface area contributed by atoms with Crippen molar-refractivity contribution in [3.05, 3.63) is 63.4 Å². The number of carbonyl (C=O) groups is 1. The molecule has 2 aromatic rings. The summed E-state index contributed by atoms with van der Waals surface area (Å²) in [4.78, 5) is 15.9. The van der Waals surface area contributed by atoms with Crippen LogP contribution in [-0.2, 0) is 16.1 Å². The highest BCUT2D eigenvalue weighted by Gasteiger charge is 2.32. The summed E-state index contributed by atoms with van der Waals surface area (Å²) in [5.41, 5.74) is 2.51. The number of esters is 1. The third-order valence-electron chi connectivity index (χ3n) is 6.17. The van der Waals surface area contributed by atoms with Crippen molar-refractivity contribution in [3.63, 3.8) is 0 Å². The van der Waals surface area contributed by atoms with Crippen LogP contribution in [0, 0.1) is 11.7 Å². The maximum absolute atomic E-state index is 14.8. The van der Waals surface area contributed by atoms with Crippen molar-refractivity contribution in [2.24, 2.45) is 5.92 Å². The van der Waals surface area contributed by atoms with Crippen molar-refractivity contribution in [2.45, 2.75) is 39.2 Å². The number of rotatable bonds is 5. The number of benzene rings is 2. The molecule has 0 amide bonds. The van der Waals surface area contributed by atoms with Gasteiger partial charge in [-0.2, -0.15) is 0 Å². The van der Waals surface area contributed by atoms with Gasteiger partial charge in [0.05, 0.1) is 18.7 Å². The van der Waals surface area contributed by atoms with E-state index >= 15 is 0 Å². The molecule has 2 aliphatic rings. The Morgan fingerprint density at radius 3 is 2.28 bits per heavy atom. The first-order valence-corrected chi connectivity index (χ1v) is 12.0. The SMILES string of the molecule is CC.COC(=O)C1CCN(Cc2ccc(N3CC(c4c(Cl)cccc4Cl)C3)c(F)c2)CC1. The average molecular weight is 481 g/mol. The van der Waals surface area contributed by atoms with Gasteiger partial charge in [0.2, 0.25) is 0 Å². The van der Waals surface area contributed by atoms with Crippen LogP contribution in [0.4, 0.5) is 10.1 Å². The highest BCUT2D eigenvalue weighted by molar-refractivity contribution is 6.36. The van der Waals surface area contributed by atoms with Gasteiger partial charge >= 0.3 is 5.97 Å². The molecule has 2 fully saturated rings. The number of hydrogen-bond acceptors (Lipinski definition) is 4. The molecule has 0 aliphatic carbocycles. The highest BCUT2D eigenvalue weighted by atomic mass is 35.5. The van der Waals surface area contributed by atoms with E-state index in [1.165, 1.54) is 7.11 Å². The minimum absolute atomic E-state index is 0.0173. The first kappa shape index (κ1) is 24.8. The lowest BCUT2D eigenvalue weighted by atomic mass is 9.90. The topological polar surface area (TPSA) is 32.8 Å². The molecule has 2 aliphatic heterocycles. The summed E-state index contributed by atoms with van der Waals surface area (Å²) in [5.74, 6) is -0.144. The number of halogens is 3. The number of likely N-dealkylation sites (tertiary alicyclic amines) is 1.